The maximum absolute atomic E-state index is 3.40. The van der Waals surface area contributed by atoms with E-state index in [0.29, 0.717) is 0 Å². The summed E-state index contributed by atoms with van der Waals surface area (Å²) in [5.41, 5.74) is 0.799. The van der Waals surface area contributed by atoms with Crippen molar-refractivity contribution in [2.24, 2.45) is 11.3 Å². The van der Waals surface area contributed by atoms with Crippen LogP contribution >= 0.6 is 0 Å². The van der Waals surface area contributed by atoms with Crippen molar-refractivity contribution >= 4 is 0 Å². The largest absolute Gasteiger partial charge is 0.317 e. The lowest BCUT2D eigenvalue weighted by Crippen LogP contribution is -2.35. The monoisotopic (exact) mass is 153 g/mol. The Morgan fingerprint density at radius 3 is 2.45 bits per heavy atom. The third kappa shape index (κ3) is 1.20. The van der Waals surface area contributed by atoms with E-state index in [-0.39, 0.29) is 0 Å². The zero-order valence-electron chi connectivity index (χ0n) is 7.69. The van der Waals surface area contributed by atoms with Crippen LogP contribution in [0.3, 0.4) is 0 Å². The molecular weight excluding hydrogens is 134 g/mol. The third-order valence-electron chi connectivity index (χ3n) is 3.67. The van der Waals surface area contributed by atoms with Crippen molar-refractivity contribution in [2.75, 3.05) is 7.05 Å². The second-order valence-corrected chi connectivity index (χ2v) is 4.74. The summed E-state index contributed by atoms with van der Waals surface area (Å²) in [6.45, 7) is 2.39. The summed E-state index contributed by atoms with van der Waals surface area (Å²) in [6.07, 6.45) is 7.37. The normalized spacial score (nSPS) is 49.6. The first-order valence-electron chi connectivity index (χ1n) is 4.91. The number of hydrogen-bond acceptors (Lipinski definition) is 1. The highest BCUT2D eigenvalue weighted by Crippen LogP contribution is 2.55. The first kappa shape index (κ1) is 7.60. The molecule has 0 aliphatic heterocycles. The van der Waals surface area contributed by atoms with E-state index < -0.39 is 0 Å². The molecule has 0 heterocycles. The molecule has 0 aromatic rings. The molecule has 11 heavy (non-hydrogen) atoms. The topological polar surface area (TPSA) is 12.0 Å². The molecule has 0 saturated heterocycles. The minimum Gasteiger partial charge on any atom is -0.317 e. The maximum atomic E-state index is 3.40. The second-order valence-electron chi connectivity index (χ2n) is 4.74. The molecule has 1 unspecified atom stereocenters. The van der Waals surface area contributed by atoms with Gasteiger partial charge in [-0.2, -0.15) is 0 Å². The van der Waals surface area contributed by atoms with Gasteiger partial charge in [-0.3, -0.25) is 0 Å². The Balaban J connectivity index is 1.89. The van der Waals surface area contributed by atoms with Crippen LogP contribution in [0.2, 0.25) is 0 Å². The predicted molar refractivity (Wildman–Crippen MR) is 47.5 cm³/mol. The summed E-state index contributed by atoms with van der Waals surface area (Å²) < 4.78 is 0. The lowest BCUT2D eigenvalue weighted by atomic mass is 9.61. The zero-order valence-corrected chi connectivity index (χ0v) is 7.69. The smallest absolute Gasteiger partial charge is 0.00695 e. The van der Waals surface area contributed by atoms with E-state index in [2.05, 4.69) is 19.3 Å². The van der Waals surface area contributed by atoms with E-state index in [1.54, 1.807) is 0 Å². The average Bonchev–Trinajstić information content (AvgIpc) is 2.31. The van der Waals surface area contributed by atoms with Crippen molar-refractivity contribution in [3.63, 3.8) is 0 Å². The van der Waals surface area contributed by atoms with Crippen molar-refractivity contribution in [1.29, 1.82) is 0 Å². The Hall–Kier alpha value is -0.0400. The molecule has 2 fully saturated rings. The molecule has 1 nitrogen and oxygen atoms in total. The van der Waals surface area contributed by atoms with Gasteiger partial charge in [-0.1, -0.05) is 6.92 Å². The summed E-state index contributed by atoms with van der Waals surface area (Å²) in [4.78, 5) is 0. The van der Waals surface area contributed by atoms with Gasteiger partial charge in [0, 0.05) is 6.04 Å². The van der Waals surface area contributed by atoms with Gasteiger partial charge in [0.05, 0.1) is 0 Å². The van der Waals surface area contributed by atoms with Gasteiger partial charge < -0.3 is 5.32 Å². The molecule has 1 N–H and O–H groups in total. The minimum absolute atomic E-state index is 0.799. The average molecular weight is 153 g/mol. The number of nitrogens with one attached hydrogen (secondary N) is 1. The highest BCUT2D eigenvalue weighted by molar-refractivity contribution is 4.99. The number of hydrogen-bond donors (Lipinski definition) is 1. The molecule has 0 aromatic carbocycles. The Morgan fingerprint density at radius 2 is 2.00 bits per heavy atom. The Morgan fingerprint density at radius 1 is 1.27 bits per heavy atom. The molecule has 1 spiro atoms. The molecule has 2 saturated carbocycles. The van der Waals surface area contributed by atoms with Crippen LogP contribution in [0, 0.1) is 11.3 Å². The van der Waals surface area contributed by atoms with Crippen molar-refractivity contribution < 1.29 is 0 Å². The van der Waals surface area contributed by atoms with E-state index in [1.165, 1.54) is 32.1 Å². The van der Waals surface area contributed by atoms with Crippen LogP contribution in [0.25, 0.3) is 0 Å². The molecular formula is C10H19N. The van der Waals surface area contributed by atoms with Crippen LogP contribution in [0.5, 0.6) is 0 Å². The Bertz CT molecular complexity index is 147. The summed E-state index contributed by atoms with van der Waals surface area (Å²) in [6, 6.07) is 0.836. The van der Waals surface area contributed by atoms with Gasteiger partial charge in [0.25, 0.3) is 0 Å². The first-order valence-corrected chi connectivity index (χ1v) is 4.91. The molecule has 64 valence electrons. The molecule has 0 aromatic heterocycles. The predicted octanol–water partition coefficient (Wildman–Crippen LogP) is 2.17. The van der Waals surface area contributed by atoms with E-state index in [0.717, 1.165) is 17.4 Å². The molecule has 2 aliphatic carbocycles. The molecule has 0 radical (unpaired) electrons. The quantitative estimate of drug-likeness (QED) is 0.609. The summed E-state index contributed by atoms with van der Waals surface area (Å²) in [5.74, 6) is 1.02. The summed E-state index contributed by atoms with van der Waals surface area (Å²) in [5, 5.41) is 3.40. The fraction of sp³-hybridized carbons (Fsp3) is 1.00. The van der Waals surface area contributed by atoms with E-state index in [1.807, 2.05) is 0 Å². The van der Waals surface area contributed by atoms with Gasteiger partial charge in [-0.15, -0.1) is 0 Å². The molecule has 2 aliphatic rings. The van der Waals surface area contributed by atoms with Gasteiger partial charge in [-0.05, 0) is 50.5 Å². The third-order valence-corrected chi connectivity index (χ3v) is 3.67. The first-order chi connectivity index (χ1) is 5.24. The number of rotatable bonds is 1. The molecule has 1 atom stereocenters. The summed E-state index contributed by atoms with van der Waals surface area (Å²) >= 11 is 0. The lowest BCUT2D eigenvalue weighted by molar-refractivity contribution is 0.0718. The van der Waals surface area contributed by atoms with Crippen LogP contribution in [-0.4, -0.2) is 13.1 Å². The van der Waals surface area contributed by atoms with Gasteiger partial charge in [-0.25, -0.2) is 0 Å². The van der Waals surface area contributed by atoms with Crippen molar-refractivity contribution in [3.8, 4) is 0 Å². The van der Waals surface area contributed by atoms with Gasteiger partial charge >= 0.3 is 0 Å². The van der Waals surface area contributed by atoms with Crippen LogP contribution in [0.4, 0.5) is 0 Å². The fourth-order valence-electron chi connectivity index (χ4n) is 3.24. The fourth-order valence-corrected chi connectivity index (χ4v) is 3.24. The Kier molecular flexibility index (Phi) is 1.71. The zero-order chi connectivity index (χ0) is 7.90. The molecule has 1 heteroatoms. The van der Waals surface area contributed by atoms with Crippen LogP contribution in [0.1, 0.15) is 39.0 Å². The van der Waals surface area contributed by atoms with E-state index >= 15 is 0 Å². The second kappa shape index (κ2) is 2.48. The standard InChI is InChI=1S/C10H19N/c1-8-5-10(6-8)4-3-9(7-10)11-2/h8-9,11H,3-7H2,1-2H3. The van der Waals surface area contributed by atoms with Gasteiger partial charge in [0.15, 0.2) is 0 Å². The van der Waals surface area contributed by atoms with E-state index in [4.69, 9.17) is 0 Å². The lowest BCUT2D eigenvalue weighted by Gasteiger charge is -2.44. The minimum atomic E-state index is 0.799. The maximum Gasteiger partial charge on any atom is 0.00695 e. The van der Waals surface area contributed by atoms with Crippen molar-refractivity contribution in [3.05, 3.63) is 0 Å². The van der Waals surface area contributed by atoms with Crippen molar-refractivity contribution in [2.45, 2.75) is 45.1 Å². The van der Waals surface area contributed by atoms with E-state index in [9.17, 15) is 0 Å². The van der Waals surface area contributed by atoms with Gasteiger partial charge in [0.1, 0.15) is 0 Å². The highest BCUT2D eigenvalue weighted by atomic mass is 14.9. The van der Waals surface area contributed by atoms with Gasteiger partial charge in [0.2, 0.25) is 0 Å². The molecule has 0 amide bonds. The Labute approximate surface area is 69.6 Å². The van der Waals surface area contributed by atoms with Crippen LogP contribution < -0.4 is 5.32 Å². The SMILES string of the molecule is CNC1CCC2(CC(C)C2)C1. The van der Waals surface area contributed by atoms with Crippen molar-refractivity contribution in [1.82, 2.24) is 5.32 Å². The molecule has 0 bridgehead atoms. The highest BCUT2D eigenvalue weighted by Gasteiger charge is 2.46. The van der Waals surface area contributed by atoms with Crippen LogP contribution in [0.15, 0.2) is 0 Å². The molecule has 2 rings (SSSR count). The van der Waals surface area contributed by atoms with Crippen LogP contribution in [-0.2, 0) is 0 Å². The summed E-state index contributed by atoms with van der Waals surface area (Å²) in [7, 11) is 2.10.